The zero-order valence-corrected chi connectivity index (χ0v) is 11.0. The van der Waals surface area contributed by atoms with Crippen molar-refractivity contribution in [1.29, 1.82) is 0 Å². The Labute approximate surface area is 104 Å². The van der Waals surface area contributed by atoms with Gasteiger partial charge in [-0.1, -0.05) is 0 Å². The Bertz CT molecular complexity index is 385. The summed E-state index contributed by atoms with van der Waals surface area (Å²) in [5.74, 6) is 0. The molecule has 3 heteroatoms. The van der Waals surface area contributed by atoms with E-state index in [2.05, 4.69) is 37.2 Å². The minimum absolute atomic E-state index is 0.569. The molecule has 3 nitrogen and oxygen atoms in total. The fourth-order valence-corrected chi connectivity index (χ4v) is 2.13. The molecule has 0 radical (unpaired) electrons. The second-order valence-corrected chi connectivity index (χ2v) is 5.20. The highest BCUT2D eigenvalue weighted by Gasteiger charge is 2.28. The molecule has 0 saturated heterocycles. The number of hydrogen-bond donors (Lipinski definition) is 2. The summed E-state index contributed by atoms with van der Waals surface area (Å²) < 4.78 is 0. The van der Waals surface area contributed by atoms with Crippen molar-refractivity contribution in [2.24, 2.45) is 0 Å². The first kappa shape index (κ1) is 12.2. The van der Waals surface area contributed by atoms with Crippen LogP contribution in [0.2, 0.25) is 0 Å². The van der Waals surface area contributed by atoms with Gasteiger partial charge in [-0.3, -0.25) is 4.90 Å². The van der Waals surface area contributed by atoms with Gasteiger partial charge in [0.2, 0.25) is 0 Å². The molecule has 0 bridgehead atoms. The summed E-state index contributed by atoms with van der Waals surface area (Å²) in [6.07, 6.45) is 2.73. The first-order valence-electron chi connectivity index (χ1n) is 6.40. The van der Waals surface area contributed by atoms with Crippen LogP contribution in [0.5, 0.6) is 0 Å². The van der Waals surface area contributed by atoms with Crippen molar-refractivity contribution in [2.45, 2.75) is 38.8 Å². The third kappa shape index (κ3) is 3.13. The van der Waals surface area contributed by atoms with E-state index in [1.807, 2.05) is 12.1 Å². The monoisotopic (exact) mass is 233 g/mol. The number of rotatable bonds is 5. The van der Waals surface area contributed by atoms with Gasteiger partial charge in [0.15, 0.2) is 0 Å². The minimum Gasteiger partial charge on any atom is -0.399 e. The molecule has 1 aromatic carbocycles. The number of nitrogen functional groups attached to an aromatic ring is 1. The number of benzene rings is 1. The number of nitrogens with zero attached hydrogens (tertiary/aromatic N) is 1. The number of hydrogen-bond acceptors (Lipinski definition) is 3. The van der Waals surface area contributed by atoms with Crippen LogP contribution < -0.4 is 11.1 Å². The van der Waals surface area contributed by atoms with Gasteiger partial charge in [-0.25, -0.2) is 0 Å². The van der Waals surface area contributed by atoms with E-state index in [4.69, 9.17) is 5.73 Å². The molecular weight excluding hydrogens is 210 g/mol. The Morgan fingerprint density at radius 1 is 1.47 bits per heavy atom. The van der Waals surface area contributed by atoms with Gasteiger partial charge in [0.25, 0.3) is 0 Å². The lowest BCUT2D eigenvalue weighted by Crippen LogP contribution is -2.36. The van der Waals surface area contributed by atoms with E-state index in [0.29, 0.717) is 6.04 Å². The molecule has 0 aliphatic heterocycles. The predicted molar refractivity (Wildman–Crippen MR) is 74.3 cm³/mol. The lowest BCUT2D eigenvalue weighted by Gasteiger charge is -2.25. The average molecular weight is 233 g/mol. The van der Waals surface area contributed by atoms with Gasteiger partial charge in [-0.15, -0.1) is 0 Å². The molecule has 1 aliphatic rings. The fourth-order valence-electron chi connectivity index (χ4n) is 2.13. The van der Waals surface area contributed by atoms with Crippen LogP contribution in [0.3, 0.4) is 0 Å². The highest BCUT2D eigenvalue weighted by atomic mass is 15.2. The second-order valence-electron chi connectivity index (χ2n) is 5.20. The largest absolute Gasteiger partial charge is 0.399 e. The fraction of sp³-hybridized carbons (Fsp3) is 0.571. The van der Waals surface area contributed by atoms with E-state index in [1.165, 1.54) is 24.1 Å². The molecule has 3 N–H and O–H groups in total. The lowest BCUT2D eigenvalue weighted by atomic mass is 10.1. The molecule has 0 amide bonds. The van der Waals surface area contributed by atoms with E-state index < -0.39 is 0 Å². The first-order chi connectivity index (χ1) is 8.08. The molecule has 1 aromatic rings. The normalized spacial score (nSPS) is 17.2. The standard InChI is InChI=1S/C14H23N3/c1-10-8-12(15)4-7-14(10)16-9-11(2)17(3)13-5-6-13/h4,7-8,11,13,16H,5-6,9,15H2,1-3H3. The molecule has 1 unspecified atom stereocenters. The van der Waals surface area contributed by atoms with Gasteiger partial charge in [-0.05, 0) is 57.5 Å². The van der Waals surface area contributed by atoms with Gasteiger partial charge in [0.05, 0.1) is 0 Å². The van der Waals surface area contributed by atoms with Gasteiger partial charge in [0, 0.05) is 30.0 Å². The van der Waals surface area contributed by atoms with Crippen molar-refractivity contribution in [2.75, 3.05) is 24.6 Å². The molecule has 0 spiro atoms. The quantitative estimate of drug-likeness (QED) is 0.768. The van der Waals surface area contributed by atoms with Crippen LogP contribution in [0.1, 0.15) is 25.3 Å². The van der Waals surface area contributed by atoms with Crippen LogP contribution in [0, 0.1) is 6.92 Å². The summed E-state index contributed by atoms with van der Waals surface area (Å²) in [4.78, 5) is 2.47. The van der Waals surface area contributed by atoms with Crippen LogP contribution in [0.25, 0.3) is 0 Å². The third-order valence-electron chi connectivity index (χ3n) is 3.66. The number of likely N-dealkylation sites (N-methyl/N-ethyl adjacent to an activating group) is 1. The Morgan fingerprint density at radius 3 is 2.76 bits per heavy atom. The van der Waals surface area contributed by atoms with Gasteiger partial charge in [0.1, 0.15) is 0 Å². The van der Waals surface area contributed by atoms with E-state index in [0.717, 1.165) is 18.3 Å². The van der Waals surface area contributed by atoms with Crippen molar-refractivity contribution in [3.05, 3.63) is 23.8 Å². The number of nitrogens with one attached hydrogen (secondary N) is 1. The number of anilines is 2. The first-order valence-corrected chi connectivity index (χ1v) is 6.40. The van der Waals surface area contributed by atoms with Crippen LogP contribution in [-0.2, 0) is 0 Å². The van der Waals surface area contributed by atoms with Gasteiger partial charge in [-0.2, -0.15) is 0 Å². The zero-order chi connectivity index (χ0) is 12.4. The van der Waals surface area contributed by atoms with E-state index in [1.54, 1.807) is 0 Å². The van der Waals surface area contributed by atoms with Crippen molar-refractivity contribution < 1.29 is 0 Å². The molecule has 0 aromatic heterocycles. The van der Waals surface area contributed by atoms with Crippen molar-refractivity contribution >= 4 is 11.4 Å². The molecule has 94 valence electrons. The number of nitrogens with two attached hydrogens (primary N) is 1. The second kappa shape index (κ2) is 4.96. The summed E-state index contributed by atoms with van der Waals surface area (Å²) in [7, 11) is 2.22. The minimum atomic E-state index is 0.569. The van der Waals surface area contributed by atoms with E-state index in [-0.39, 0.29) is 0 Å². The molecule has 1 saturated carbocycles. The van der Waals surface area contributed by atoms with E-state index in [9.17, 15) is 0 Å². The summed E-state index contributed by atoms with van der Waals surface area (Å²) in [6, 6.07) is 7.41. The summed E-state index contributed by atoms with van der Waals surface area (Å²) in [5, 5.41) is 3.51. The maximum absolute atomic E-state index is 5.74. The predicted octanol–water partition coefficient (Wildman–Crippen LogP) is 2.47. The highest BCUT2D eigenvalue weighted by Crippen LogP contribution is 2.27. The number of aryl methyl sites for hydroxylation is 1. The Balaban J connectivity index is 1.88. The Morgan fingerprint density at radius 2 is 2.18 bits per heavy atom. The molecule has 1 fully saturated rings. The van der Waals surface area contributed by atoms with Crippen LogP contribution >= 0.6 is 0 Å². The smallest absolute Gasteiger partial charge is 0.0371 e. The van der Waals surface area contributed by atoms with Crippen LogP contribution in [0.15, 0.2) is 18.2 Å². The van der Waals surface area contributed by atoms with Gasteiger partial charge < -0.3 is 11.1 Å². The maximum Gasteiger partial charge on any atom is 0.0371 e. The van der Waals surface area contributed by atoms with E-state index >= 15 is 0 Å². The zero-order valence-electron chi connectivity index (χ0n) is 11.0. The SMILES string of the molecule is Cc1cc(N)ccc1NCC(C)N(C)C1CC1. The molecule has 2 rings (SSSR count). The van der Waals surface area contributed by atoms with Crippen molar-refractivity contribution in [1.82, 2.24) is 4.90 Å². The topological polar surface area (TPSA) is 41.3 Å². The molecular formula is C14H23N3. The Kier molecular flexibility index (Phi) is 3.57. The third-order valence-corrected chi connectivity index (χ3v) is 3.66. The summed E-state index contributed by atoms with van der Waals surface area (Å²) in [5.41, 5.74) is 8.98. The molecule has 17 heavy (non-hydrogen) atoms. The molecule has 1 aliphatic carbocycles. The Hall–Kier alpha value is -1.22. The maximum atomic E-state index is 5.74. The van der Waals surface area contributed by atoms with Crippen LogP contribution in [-0.4, -0.2) is 30.6 Å². The molecule has 0 heterocycles. The lowest BCUT2D eigenvalue weighted by molar-refractivity contribution is 0.257. The van der Waals surface area contributed by atoms with Crippen LogP contribution in [0.4, 0.5) is 11.4 Å². The molecule has 1 atom stereocenters. The summed E-state index contributed by atoms with van der Waals surface area (Å²) in [6.45, 7) is 5.35. The highest BCUT2D eigenvalue weighted by molar-refractivity contribution is 5.57. The van der Waals surface area contributed by atoms with Crippen molar-refractivity contribution in [3.8, 4) is 0 Å². The van der Waals surface area contributed by atoms with Gasteiger partial charge >= 0.3 is 0 Å². The average Bonchev–Trinajstić information content (AvgIpc) is 3.10. The van der Waals surface area contributed by atoms with Crippen molar-refractivity contribution in [3.63, 3.8) is 0 Å². The summed E-state index contributed by atoms with van der Waals surface area (Å²) >= 11 is 0.